The van der Waals surface area contributed by atoms with E-state index >= 15 is 0 Å². The summed E-state index contributed by atoms with van der Waals surface area (Å²) in [5.74, 6) is -0.236. The zero-order valence-corrected chi connectivity index (χ0v) is 17.3. The van der Waals surface area contributed by atoms with E-state index in [1.54, 1.807) is 48.5 Å². The first-order valence-electron chi connectivity index (χ1n) is 10.0. The third-order valence-electron chi connectivity index (χ3n) is 4.68. The first-order chi connectivity index (χ1) is 15.5. The van der Waals surface area contributed by atoms with E-state index in [1.165, 1.54) is 24.3 Å². The van der Waals surface area contributed by atoms with Crippen molar-refractivity contribution < 1.29 is 27.9 Å². The highest BCUT2D eigenvalue weighted by atomic mass is 19.1. The number of benzene rings is 3. The summed E-state index contributed by atoms with van der Waals surface area (Å²) >= 11 is 0. The summed E-state index contributed by atoms with van der Waals surface area (Å²) in [5.41, 5.74) is 1.13. The molecule has 1 N–H and O–H groups in total. The van der Waals surface area contributed by atoms with Gasteiger partial charge in [-0.15, -0.1) is 0 Å². The fraction of sp³-hybridized carbons (Fsp3) is 0.120. The quantitative estimate of drug-likeness (QED) is 0.386. The van der Waals surface area contributed by atoms with Crippen molar-refractivity contribution in [3.8, 4) is 11.5 Å². The van der Waals surface area contributed by atoms with E-state index in [0.29, 0.717) is 34.6 Å². The van der Waals surface area contributed by atoms with Crippen molar-refractivity contribution in [1.82, 2.24) is 0 Å². The van der Waals surface area contributed by atoms with Gasteiger partial charge in [-0.25, -0.2) is 4.39 Å². The summed E-state index contributed by atoms with van der Waals surface area (Å²) in [7, 11) is 0. The normalized spacial score (nSPS) is 10.7. The predicted octanol–water partition coefficient (Wildman–Crippen LogP) is 5.22. The average molecular weight is 433 g/mol. The maximum Gasteiger partial charge on any atom is 0.262 e. The molecule has 0 atom stereocenters. The van der Waals surface area contributed by atoms with Crippen LogP contribution >= 0.6 is 0 Å². The third-order valence-corrected chi connectivity index (χ3v) is 4.68. The van der Waals surface area contributed by atoms with Crippen LogP contribution in [0.25, 0.3) is 11.0 Å². The number of furan rings is 1. The first-order valence-corrected chi connectivity index (χ1v) is 10.0. The number of carbonyl (C=O) groups is 2. The number of fused-ring (bicyclic) bond motifs is 1. The molecule has 0 unspecified atom stereocenters. The monoisotopic (exact) mass is 433 g/mol. The van der Waals surface area contributed by atoms with Crippen LogP contribution in [0.5, 0.6) is 11.5 Å². The summed E-state index contributed by atoms with van der Waals surface area (Å²) in [6.45, 7) is 2.08. The van der Waals surface area contributed by atoms with Gasteiger partial charge in [0, 0.05) is 10.9 Å². The Bertz CT molecular complexity index is 1250. The number of rotatable bonds is 8. The minimum Gasteiger partial charge on any atom is -0.494 e. The summed E-state index contributed by atoms with van der Waals surface area (Å²) in [6.07, 6.45) is 0. The number of carbonyl (C=O) groups excluding carboxylic acids is 2. The summed E-state index contributed by atoms with van der Waals surface area (Å²) < 4.78 is 29.6. The minimum atomic E-state index is -0.485. The molecule has 0 aliphatic carbocycles. The van der Waals surface area contributed by atoms with E-state index in [0.717, 1.165) is 0 Å². The fourth-order valence-corrected chi connectivity index (χ4v) is 3.18. The summed E-state index contributed by atoms with van der Waals surface area (Å²) in [6, 6.07) is 19.1. The van der Waals surface area contributed by atoms with Crippen LogP contribution in [0.2, 0.25) is 0 Å². The molecule has 1 aromatic heterocycles. The van der Waals surface area contributed by atoms with Gasteiger partial charge in [0.05, 0.1) is 12.3 Å². The Hall–Kier alpha value is -4.13. The molecule has 32 heavy (non-hydrogen) atoms. The highest BCUT2D eigenvalue weighted by molar-refractivity contribution is 6.17. The molecule has 4 aromatic rings. The van der Waals surface area contributed by atoms with Crippen LogP contribution in [0.4, 0.5) is 10.1 Å². The van der Waals surface area contributed by atoms with Crippen LogP contribution in [0.15, 0.2) is 77.2 Å². The second kappa shape index (κ2) is 9.34. The molecule has 0 saturated carbocycles. The lowest BCUT2D eigenvalue weighted by Gasteiger charge is -2.08. The lowest BCUT2D eigenvalue weighted by Crippen LogP contribution is -2.21. The Balaban J connectivity index is 1.57. The number of hydrogen-bond donors (Lipinski definition) is 1. The maximum atomic E-state index is 13.1. The third kappa shape index (κ3) is 4.62. The van der Waals surface area contributed by atoms with Gasteiger partial charge < -0.3 is 19.2 Å². The number of ketones is 1. The van der Waals surface area contributed by atoms with Crippen molar-refractivity contribution in [2.75, 3.05) is 18.5 Å². The van der Waals surface area contributed by atoms with Crippen LogP contribution in [0.1, 0.15) is 23.0 Å². The van der Waals surface area contributed by atoms with E-state index < -0.39 is 11.7 Å². The highest BCUT2D eigenvalue weighted by Crippen LogP contribution is 2.32. The smallest absolute Gasteiger partial charge is 0.262 e. The van der Waals surface area contributed by atoms with Crippen LogP contribution < -0.4 is 14.8 Å². The standard InChI is InChI=1S/C25H20FNO5/c1-2-30-18-11-7-16(8-12-18)24(29)25-23(20-5-3-4-6-21(20)32-25)27-22(28)15-31-19-13-9-17(26)10-14-19/h3-14H,2,15H2,1H3,(H,27,28). The molecule has 0 radical (unpaired) electrons. The number of anilines is 1. The predicted molar refractivity (Wildman–Crippen MR) is 118 cm³/mol. The molecule has 0 bridgehead atoms. The van der Waals surface area contributed by atoms with Crippen LogP contribution in [0.3, 0.4) is 0 Å². The molecule has 0 aliphatic rings. The number of nitrogens with one attached hydrogen (secondary N) is 1. The largest absolute Gasteiger partial charge is 0.494 e. The molecule has 0 aliphatic heterocycles. The molecular formula is C25H20FNO5. The van der Waals surface area contributed by atoms with Gasteiger partial charge in [0.2, 0.25) is 5.78 Å². The lowest BCUT2D eigenvalue weighted by atomic mass is 10.1. The van der Waals surface area contributed by atoms with Gasteiger partial charge in [0.25, 0.3) is 5.91 Å². The number of para-hydroxylation sites is 1. The van der Waals surface area contributed by atoms with Gasteiger partial charge in [-0.1, -0.05) is 12.1 Å². The van der Waals surface area contributed by atoms with Crippen LogP contribution in [-0.4, -0.2) is 24.9 Å². The number of halogens is 1. The molecule has 1 heterocycles. The van der Waals surface area contributed by atoms with Gasteiger partial charge >= 0.3 is 0 Å². The van der Waals surface area contributed by atoms with Crippen LogP contribution in [-0.2, 0) is 4.79 Å². The number of hydrogen-bond acceptors (Lipinski definition) is 5. The zero-order valence-electron chi connectivity index (χ0n) is 17.3. The molecular weight excluding hydrogens is 413 g/mol. The van der Waals surface area contributed by atoms with Crippen molar-refractivity contribution in [2.45, 2.75) is 6.92 Å². The summed E-state index contributed by atoms with van der Waals surface area (Å²) in [4.78, 5) is 25.7. The average Bonchev–Trinajstić information content (AvgIpc) is 3.17. The van der Waals surface area contributed by atoms with Crippen molar-refractivity contribution >= 4 is 28.3 Å². The van der Waals surface area contributed by atoms with Gasteiger partial charge in [-0.05, 0) is 67.6 Å². The minimum absolute atomic E-state index is 0.0190. The number of amides is 1. The summed E-state index contributed by atoms with van der Waals surface area (Å²) in [5, 5.41) is 3.31. The Morgan fingerprint density at radius 1 is 0.906 bits per heavy atom. The molecule has 0 saturated heterocycles. The van der Waals surface area contributed by atoms with Crippen LogP contribution in [0, 0.1) is 5.82 Å². The molecule has 4 rings (SSSR count). The molecule has 3 aromatic carbocycles. The van der Waals surface area contributed by atoms with Crippen molar-refractivity contribution in [3.05, 3.63) is 89.9 Å². The Kier molecular flexibility index (Phi) is 6.17. The molecule has 162 valence electrons. The second-order valence-electron chi connectivity index (χ2n) is 6.88. The van der Waals surface area contributed by atoms with Crippen molar-refractivity contribution in [3.63, 3.8) is 0 Å². The van der Waals surface area contributed by atoms with Gasteiger partial charge in [0.15, 0.2) is 12.4 Å². The zero-order chi connectivity index (χ0) is 22.5. The molecule has 1 amide bonds. The van der Waals surface area contributed by atoms with Gasteiger partial charge in [-0.2, -0.15) is 0 Å². The fourth-order valence-electron chi connectivity index (χ4n) is 3.18. The first kappa shape index (κ1) is 21.1. The Labute approximate surface area is 183 Å². The molecule has 0 fully saturated rings. The van der Waals surface area contributed by atoms with E-state index in [-0.39, 0.29) is 23.8 Å². The Morgan fingerprint density at radius 2 is 1.56 bits per heavy atom. The second-order valence-corrected chi connectivity index (χ2v) is 6.88. The van der Waals surface area contributed by atoms with Crippen molar-refractivity contribution in [1.29, 1.82) is 0 Å². The SMILES string of the molecule is CCOc1ccc(C(=O)c2oc3ccccc3c2NC(=O)COc2ccc(F)cc2)cc1. The molecule has 6 nitrogen and oxygen atoms in total. The highest BCUT2D eigenvalue weighted by Gasteiger charge is 2.23. The topological polar surface area (TPSA) is 77.8 Å². The lowest BCUT2D eigenvalue weighted by molar-refractivity contribution is -0.118. The maximum absolute atomic E-state index is 13.1. The van der Waals surface area contributed by atoms with E-state index in [2.05, 4.69) is 5.32 Å². The van der Waals surface area contributed by atoms with Gasteiger partial charge in [-0.3, -0.25) is 9.59 Å². The molecule has 7 heteroatoms. The van der Waals surface area contributed by atoms with E-state index in [9.17, 15) is 14.0 Å². The van der Waals surface area contributed by atoms with E-state index in [1.807, 2.05) is 6.92 Å². The van der Waals surface area contributed by atoms with Gasteiger partial charge in [0.1, 0.15) is 22.9 Å². The molecule has 0 spiro atoms. The van der Waals surface area contributed by atoms with E-state index in [4.69, 9.17) is 13.9 Å². The number of ether oxygens (including phenoxy) is 2. The van der Waals surface area contributed by atoms with Crippen molar-refractivity contribution in [2.24, 2.45) is 0 Å². The Morgan fingerprint density at radius 3 is 2.28 bits per heavy atom.